The lowest BCUT2D eigenvalue weighted by atomic mass is 9.89. The van der Waals surface area contributed by atoms with Crippen LogP contribution < -0.4 is 15.1 Å². The van der Waals surface area contributed by atoms with E-state index < -0.39 is 6.09 Å². The lowest BCUT2D eigenvalue weighted by Crippen LogP contribution is -2.45. The number of anilines is 2. The van der Waals surface area contributed by atoms with Crippen molar-refractivity contribution in [2.45, 2.75) is 32.4 Å². The van der Waals surface area contributed by atoms with Crippen molar-refractivity contribution in [3.8, 4) is 11.1 Å². The number of carbonyl (C=O) groups is 2. The third-order valence-electron chi connectivity index (χ3n) is 5.73. The Morgan fingerprint density at radius 3 is 2.48 bits per heavy atom. The number of halogens is 1. The predicted octanol–water partition coefficient (Wildman–Crippen LogP) is 3.46. The quantitative estimate of drug-likeness (QED) is 0.749. The van der Waals surface area contributed by atoms with Crippen LogP contribution in [0.1, 0.15) is 31.9 Å². The molecule has 8 nitrogen and oxygen atoms in total. The highest BCUT2D eigenvalue weighted by Gasteiger charge is 2.33. The Hall–Kier alpha value is -2.84. The number of nitrogens with zero attached hydrogens (tertiary/aromatic N) is 3. The summed E-state index contributed by atoms with van der Waals surface area (Å²) in [6.45, 7) is 6.53. The zero-order chi connectivity index (χ0) is 21.3. The molecule has 2 aliphatic heterocycles. The fourth-order valence-corrected chi connectivity index (χ4v) is 4.35. The number of carboxylic acid groups (broad SMARTS) is 1. The zero-order valence-corrected chi connectivity index (χ0v) is 18.4. The Kier molecular flexibility index (Phi) is 7.02. The second-order valence-electron chi connectivity index (χ2n) is 7.75. The number of hydrogen-bond donors (Lipinski definition) is 2. The van der Waals surface area contributed by atoms with Crippen LogP contribution in [0.25, 0.3) is 11.1 Å². The minimum atomic E-state index is -1.07. The maximum atomic E-state index is 12.2. The molecular weight excluding hydrogens is 420 g/mol. The predicted molar refractivity (Wildman–Crippen MR) is 121 cm³/mol. The van der Waals surface area contributed by atoms with Crippen molar-refractivity contribution < 1.29 is 19.4 Å². The second kappa shape index (κ2) is 9.53. The van der Waals surface area contributed by atoms with Crippen LogP contribution in [0.5, 0.6) is 0 Å². The highest BCUT2D eigenvalue weighted by Crippen LogP contribution is 2.39. The number of carbonyl (C=O) groups excluding carboxylic acids is 1. The Morgan fingerprint density at radius 2 is 1.87 bits per heavy atom. The molecule has 1 aromatic heterocycles. The number of aromatic nitrogens is 1. The smallest absolute Gasteiger partial charge is 0.405 e. The van der Waals surface area contributed by atoms with E-state index in [2.05, 4.69) is 15.2 Å². The fourth-order valence-electron chi connectivity index (χ4n) is 4.35. The fraction of sp³-hybridized carbons (Fsp3) is 0.409. The summed E-state index contributed by atoms with van der Waals surface area (Å²) >= 11 is 0. The van der Waals surface area contributed by atoms with E-state index in [9.17, 15) is 14.7 Å². The molecule has 1 fully saturated rings. The van der Waals surface area contributed by atoms with Crippen LogP contribution in [0.15, 0.2) is 36.5 Å². The first-order chi connectivity index (χ1) is 14.4. The number of ether oxygens (including phenoxy) is 1. The molecule has 2 amide bonds. The van der Waals surface area contributed by atoms with Crippen molar-refractivity contribution in [2.24, 2.45) is 0 Å². The molecule has 0 saturated carbocycles. The van der Waals surface area contributed by atoms with E-state index in [-0.39, 0.29) is 30.4 Å². The van der Waals surface area contributed by atoms with Gasteiger partial charge in [0.05, 0.1) is 19.3 Å². The van der Waals surface area contributed by atoms with Crippen LogP contribution in [-0.2, 0) is 9.53 Å². The number of morpholine rings is 1. The van der Waals surface area contributed by atoms with Crippen molar-refractivity contribution in [2.75, 3.05) is 36.1 Å². The molecule has 0 bridgehead atoms. The van der Waals surface area contributed by atoms with Gasteiger partial charge in [0.15, 0.2) is 0 Å². The van der Waals surface area contributed by atoms with Crippen LogP contribution in [0, 0.1) is 0 Å². The van der Waals surface area contributed by atoms with Crippen molar-refractivity contribution in [3.05, 3.63) is 42.1 Å². The molecule has 31 heavy (non-hydrogen) atoms. The summed E-state index contributed by atoms with van der Waals surface area (Å²) in [5.41, 5.74) is 3.43. The maximum absolute atomic E-state index is 12.2. The van der Waals surface area contributed by atoms with E-state index in [1.165, 1.54) is 6.92 Å². The highest BCUT2D eigenvalue weighted by atomic mass is 35.5. The molecule has 9 heteroatoms. The maximum Gasteiger partial charge on any atom is 0.405 e. The molecule has 1 aromatic carbocycles. The third kappa shape index (κ3) is 4.75. The molecule has 4 rings (SSSR count). The normalized spacial score (nSPS) is 20.5. The summed E-state index contributed by atoms with van der Waals surface area (Å²) in [5.74, 6) is 0.865. The van der Waals surface area contributed by atoms with E-state index in [1.54, 1.807) is 4.90 Å². The molecule has 2 aromatic rings. The highest BCUT2D eigenvalue weighted by molar-refractivity contribution is 5.94. The molecule has 0 unspecified atom stereocenters. The third-order valence-corrected chi connectivity index (χ3v) is 5.73. The molecule has 3 heterocycles. The van der Waals surface area contributed by atoms with Gasteiger partial charge in [0.2, 0.25) is 5.91 Å². The molecule has 166 valence electrons. The minimum Gasteiger partial charge on any atom is -0.465 e. The van der Waals surface area contributed by atoms with Gasteiger partial charge in [0, 0.05) is 43.5 Å². The second-order valence-corrected chi connectivity index (χ2v) is 7.75. The van der Waals surface area contributed by atoms with E-state index in [4.69, 9.17) is 4.74 Å². The number of benzene rings is 1. The van der Waals surface area contributed by atoms with Gasteiger partial charge in [-0.1, -0.05) is 6.07 Å². The summed E-state index contributed by atoms with van der Waals surface area (Å²) in [7, 11) is 0. The van der Waals surface area contributed by atoms with Crippen LogP contribution in [-0.4, -0.2) is 54.4 Å². The molecule has 0 aliphatic carbocycles. The van der Waals surface area contributed by atoms with E-state index >= 15 is 0 Å². The van der Waals surface area contributed by atoms with Crippen molar-refractivity contribution in [1.29, 1.82) is 0 Å². The number of rotatable bonds is 3. The summed E-state index contributed by atoms with van der Waals surface area (Å²) in [6, 6.07) is 9.37. The van der Waals surface area contributed by atoms with Crippen LogP contribution in [0.3, 0.4) is 0 Å². The van der Waals surface area contributed by atoms with Crippen LogP contribution >= 0.6 is 12.4 Å². The monoisotopic (exact) mass is 446 g/mol. The van der Waals surface area contributed by atoms with Gasteiger partial charge in [0.25, 0.3) is 0 Å². The number of pyridine rings is 1. The Bertz CT molecular complexity index is 947. The van der Waals surface area contributed by atoms with Gasteiger partial charge in [-0.2, -0.15) is 0 Å². The van der Waals surface area contributed by atoms with Crippen LogP contribution in [0.4, 0.5) is 16.3 Å². The van der Waals surface area contributed by atoms with Gasteiger partial charge in [-0.05, 0) is 48.7 Å². The average molecular weight is 447 g/mol. The van der Waals surface area contributed by atoms with Gasteiger partial charge in [-0.25, -0.2) is 9.78 Å². The van der Waals surface area contributed by atoms with Gasteiger partial charge in [0.1, 0.15) is 5.82 Å². The zero-order valence-electron chi connectivity index (χ0n) is 17.6. The topological polar surface area (TPSA) is 95.0 Å². The molecule has 2 atom stereocenters. The molecular formula is C22H27ClN4O4. The SMILES string of the molecule is CC(=O)N1c2ccc(-c3ccc(N4CCOCC4)nc3)cc2[C@H](NC(=O)O)C[C@@H]1C.Cl. The molecule has 1 saturated heterocycles. The Morgan fingerprint density at radius 1 is 1.16 bits per heavy atom. The van der Waals surface area contributed by atoms with E-state index in [0.717, 1.165) is 41.3 Å². The van der Waals surface area contributed by atoms with Crippen molar-refractivity contribution >= 4 is 35.9 Å². The van der Waals surface area contributed by atoms with Gasteiger partial charge in [-0.15, -0.1) is 12.4 Å². The lowest BCUT2D eigenvalue weighted by Gasteiger charge is -2.39. The first-order valence-corrected chi connectivity index (χ1v) is 10.2. The summed E-state index contributed by atoms with van der Waals surface area (Å²) < 4.78 is 5.39. The van der Waals surface area contributed by atoms with E-state index in [0.29, 0.717) is 19.6 Å². The summed E-state index contributed by atoms with van der Waals surface area (Å²) in [6.07, 6.45) is 1.29. The molecule has 0 radical (unpaired) electrons. The van der Waals surface area contributed by atoms with Crippen molar-refractivity contribution in [1.82, 2.24) is 10.3 Å². The first-order valence-electron chi connectivity index (χ1n) is 10.2. The van der Waals surface area contributed by atoms with Gasteiger partial charge < -0.3 is 25.0 Å². The summed E-state index contributed by atoms with van der Waals surface area (Å²) in [4.78, 5) is 32.1. The van der Waals surface area contributed by atoms with Gasteiger partial charge in [-0.3, -0.25) is 4.79 Å². The first kappa shape index (κ1) is 22.8. The number of hydrogen-bond acceptors (Lipinski definition) is 5. The number of nitrogens with one attached hydrogen (secondary N) is 1. The van der Waals surface area contributed by atoms with Gasteiger partial charge >= 0.3 is 6.09 Å². The standard InChI is InChI=1S/C22H26N4O4.ClH/c1-14-11-19(24-22(28)29)18-12-16(3-5-20(18)26(14)15(2)27)17-4-6-21(23-13-17)25-7-9-30-10-8-25;/h3-6,12-14,19,24H,7-11H2,1-2H3,(H,28,29);1H/t14-,19+;/m0./s1. The Balaban J connectivity index is 0.00000272. The molecule has 0 spiro atoms. The molecule has 2 aliphatic rings. The Labute approximate surface area is 187 Å². The summed E-state index contributed by atoms with van der Waals surface area (Å²) in [5, 5.41) is 11.9. The number of fused-ring (bicyclic) bond motifs is 1. The lowest BCUT2D eigenvalue weighted by molar-refractivity contribution is -0.117. The number of amides is 2. The van der Waals surface area contributed by atoms with E-state index in [1.807, 2.05) is 43.5 Å². The van der Waals surface area contributed by atoms with Crippen molar-refractivity contribution in [3.63, 3.8) is 0 Å². The average Bonchev–Trinajstić information content (AvgIpc) is 2.73. The van der Waals surface area contributed by atoms with Crippen LogP contribution in [0.2, 0.25) is 0 Å². The largest absolute Gasteiger partial charge is 0.465 e. The minimum absolute atomic E-state index is 0. The molecule has 2 N–H and O–H groups in total.